The van der Waals surface area contributed by atoms with Gasteiger partial charge in [-0.15, -0.1) is 0 Å². The van der Waals surface area contributed by atoms with Gasteiger partial charge < -0.3 is 9.47 Å². The first-order chi connectivity index (χ1) is 9.04. The van der Waals surface area contributed by atoms with E-state index in [-0.39, 0.29) is 18.5 Å². The molecule has 5 nitrogen and oxygen atoms in total. The first-order valence-electron chi connectivity index (χ1n) is 6.19. The molecule has 0 spiro atoms. The van der Waals surface area contributed by atoms with E-state index < -0.39 is 0 Å². The van der Waals surface area contributed by atoms with Gasteiger partial charge in [-0.25, -0.2) is 4.98 Å². The van der Waals surface area contributed by atoms with Gasteiger partial charge in [-0.2, -0.15) is 0 Å². The maximum atomic E-state index is 12.1. The molecule has 0 fully saturated rings. The van der Waals surface area contributed by atoms with Gasteiger partial charge in [0.05, 0.1) is 0 Å². The van der Waals surface area contributed by atoms with E-state index in [1.165, 1.54) is 0 Å². The molecule has 0 N–H and O–H groups in total. The fraction of sp³-hybridized carbons (Fsp3) is 0.357. The molecule has 5 heteroatoms. The van der Waals surface area contributed by atoms with Gasteiger partial charge in [-0.05, 0) is 26.0 Å². The fourth-order valence-corrected chi connectivity index (χ4v) is 1.91. The van der Waals surface area contributed by atoms with Gasteiger partial charge in [0.2, 0.25) is 5.91 Å². The Bertz CT molecular complexity index is 616. The highest BCUT2D eigenvalue weighted by atomic mass is 16.2. The minimum atomic E-state index is -0.00463. The van der Waals surface area contributed by atoms with E-state index in [1.54, 1.807) is 35.0 Å². The average molecular weight is 259 g/mol. The first kappa shape index (κ1) is 13.3. The molecule has 0 atom stereocenters. The van der Waals surface area contributed by atoms with Gasteiger partial charge in [-0.3, -0.25) is 9.59 Å². The van der Waals surface area contributed by atoms with Crippen molar-refractivity contribution in [2.75, 3.05) is 7.05 Å². The molecule has 0 unspecified atom stereocenters. The summed E-state index contributed by atoms with van der Waals surface area (Å²) in [6.07, 6.45) is 4.12. The lowest BCUT2D eigenvalue weighted by molar-refractivity contribution is -0.131. The number of amides is 1. The summed E-state index contributed by atoms with van der Waals surface area (Å²) in [6.45, 7) is 4.11. The third-order valence-electron chi connectivity index (χ3n) is 3.27. The summed E-state index contributed by atoms with van der Waals surface area (Å²) in [4.78, 5) is 29.0. The Morgan fingerprint density at radius 2 is 2.26 bits per heavy atom. The number of hydrogen-bond donors (Lipinski definition) is 0. The van der Waals surface area contributed by atoms with Crippen LogP contribution >= 0.6 is 0 Å². The molecular weight excluding hydrogens is 242 g/mol. The predicted octanol–water partition coefficient (Wildman–Crippen LogP) is 1.72. The molecule has 2 heterocycles. The maximum Gasteiger partial charge on any atom is 0.242 e. The number of rotatable bonds is 4. The molecule has 1 amide bonds. The molecule has 0 radical (unpaired) electrons. The molecule has 100 valence electrons. The van der Waals surface area contributed by atoms with Crippen LogP contribution in [0.25, 0.3) is 11.0 Å². The van der Waals surface area contributed by atoms with Gasteiger partial charge >= 0.3 is 0 Å². The van der Waals surface area contributed by atoms with E-state index in [1.807, 2.05) is 19.9 Å². The van der Waals surface area contributed by atoms with Gasteiger partial charge in [0.1, 0.15) is 12.2 Å². The standard InChI is InChI=1S/C14H17N3O2/c1-10(2)16(3)13(19)8-17-7-11(9-18)12-5-4-6-15-14(12)17/h4-7,9-10H,8H2,1-3H3. The molecule has 0 saturated carbocycles. The highest BCUT2D eigenvalue weighted by molar-refractivity contribution is 5.96. The van der Waals surface area contributed by atoms with Crippen molar-refractivity contribution in [3.8, 4) is 0 Å². The topological polar surface area (TPSA) is 55.2 Å². The Labute approximate surface area is 111 Å². The van der Waals surface area contributed by atoms with E-state index in [0.717, 1.165) is 11.7 Å². The summed E-state index contributed by atoms with van der Waals surface area (Å²) >= 11 is 0. The fourth-order valence-electron chi connectivity index (χ4n) is 1.91. The van der Waals surface area contributed by atoms with Crippen molar-refractivity contribution in [3.63, 3.8) is 0 Å². The van der Waals surface area contributed by atoms with Crippen LogP contribution in [0.5, 0.6) is 0 Å². The second-order valence-corrected chi connectivity index (χ2v) is 4.80. The van der Waals surface area contributed by atoms with E-state index in [0.29, 0.717) is 11.2 Å². The van der Waals surface area contributed by atoms with Crippen LogP contribution in [0.4, 0.5) is 0 Å². The number of fused-ring (bicyclic) bond motifs is 1. The molecule has 0 aromatic carbocycles. The number of carbonyl (C=O) groups excluding carboxylic acids is 2. The SMILES string of the molecule is CC(C)N(C)C(=O)Cn1cc(C=O)c2cccnc21. The quantitative estimate of drug-likeness (QED) is 0.785. The van der Waals surface area contributed by atoms with Crippen molar-refractivity contribution in [2.24, 2.45) is 0 Å². The van der Waals surface area contributed by atoms with Crippen molar-refractivity contribution >= 4 is 23.2 Å². The summed E-state index contributed by atoms with van der Waals surface area (Å²) in [7, 11) is 1.77. The number of likely N-dealkylation sites (N-methyl/N-ethyl adjacent to an activating group) is 1. The van der Waals surface area contributed by atoms with Gasteiger partial charge in [0.25, 0.3) is 0 Å². The maximum absolute atomic E-state index is 12.1. The Morgan fingerprint density at radius 1 is 1.53 bits per heavy atom. The number of aldehydes is 1. The molecule has 0 aliphatic carbocycles. The molecule has 0 aliphatic heterocycles. The number of aromatic nitrogens is 2. The minimum absolute atomic E-state index is 0.00463. The van der Waals surface area contributed by atoms with Crippen molar-refractivity contribution in [2.45, 2.75) is 26.4 Å². The third kappa shape index (κ3) is 2.50. The zero-order valence-electron chi connectivity index (χ0n) is 11.3. The first-order valence-corrected chi connectivity index (χ1v) is 6.19. The highest BCUT2D eigenvalue weighted by Gasteiger charge is 2.15. The van der Waals surface area contributed by atoms with Crippen LogP contribution in [0, 0.1) is 0 Å². The summed E-state index contributed by atoms with van der Waals surface area (Å²) in [5.74, 6) is -0.00463. The van der Waals surface area contributed by atoms with Crippen molar-refractivity contribution in [3.05, 3.63) is 30.1 Å². The molecule has 2 rings (SSSR count). The summed E-state index contributed by atoms with van der Waals surface area (Å²) < 4.78 is 1.72. The van der Waals surface area contributed by atoms with E-state index >= 15 is 0 Å². The van der Waals surface area contributed by atoms with E-state index in [2.05, 4.69) is 4.98 Å². The lowest BCUT2D eigenvalue weighted by atomic mass is 10.2. The Kier molecular flexibility index (Phi) is 3.64. The molecule has 0 bridgehead atoms. The van der Waals surface area contributed by atoms with Crippen LogP contribution in [0.1, 0.15) is 24.2 Å². The monoisotopic (exact) mass is 259 g/mol. The van der Waals surface area contributed by atoms with Gasteiger partial charge in [-0.1, -0.05) is 0 Å². The Hall–Kier alpha value is -2.17. The number of carbonyl (C=O) groups is 2. The van der Waals surface area contributed by atoms with Crippen molar-refractivity contribution in [1.82, 2.24) is 14.5 Å². The minimum Gasteiger partial charge on any atom is -0.342 e. The zero-order chi connectivity index (χ0) is 14.0. The lowest BCUT2D eigenvalue weighted by Crippen LogP contribution is -2.35. The second-order valence-electron chi connectivity index (χ2n) is 4.80. The highest BCUT2D eigenvalue weighted by Crippen LogP contribution is 2.17. The van der Waals surface area contributed by atoms with Crippen LogP contribution in [0.3, 0.4) is 0 Å². The normalized spacial score (nSPS) is 10.9. The third-order valence-corrected chi connectivity index (χ3v) is 3.27. The van der Waals surface area contributed by atoms with E-state index in [9.17, 15) is 9.59 Å². The molecule has 2 aromatic rings. The average Bonchev–Trinajstić information content (AvgIpc) is 2.76. The second kappa shape index (κ2) is 5.22. The summed E-state index contributed by atoms with van der Waals surface area (Å²) in [5, 5.41) is 0.775. The van der Waals surface area contributed by atoms with Crippen LogP contribution in [0.2, 0.25) is 0 Å². The van der Waals surface area contributed by atoms with Crippen LogP contribution in [-0.4, -0.2) is 39.7 Å². The molecule has 19 heavy (non-hydrogen) atoms. The van der Waals surface area contributed by atoms with E-state index in [4.69, 9.17) is 0 Å². The Morgan fingerprint density at radius 3 is 2.89 bits per heavy atom. The largest absolute Gasteiger partial charge is 0.342 e. The summed E-state index contributed by atoms with van der Waals surface area (Å²) in [5.41, 5.74) is 1.22. The van der Waals surface area contributed by atoms with Crippen molar-refractivity contribution in [1.29, 1.82) is 0 Å². The van der Waals surface area contributed by atoms with Crippen molar-refractivity contribution < 1.29 is 9.59 Å². The number of nitrogens with zero attached hydrogens (tertiary/aromatic N) is 3. The predicted molar refractivity (Wildman–Crippen MR) is 73.0 cm³/mol. The molecule has 0 saturated heterocycles. The number of pyridine rings is 1. The molecule has 2 aromatic heterocycles. The van der Waals surface area contributed by atoms with Crippen LogP contribution in [0.15, 0.2) is 24.5 Å². The lowest BCUT2D eigenvalue weighted by Gasteiger charge is -2.21. The van der Waals surface area contributed by atoms with Crippen LogP contribution < -0.4 is 0 Å². The number of hydrogen-bond acceptors (Lipinski definition) is 3. The Balaban J connectivity index is 2.36. The van der Waals surface area contributed by atoms with Crippen LogP contribution in [-0.2, 0) is 11.3 Å². The molecule has 0 aliphatic rings. The smallest absolute Gasteiger partial charge is 0.242 e. The zero-order valence-corrected chi connectivity index (χ0v) is 11.3. The summed E-state index contributed by atoms with van der Waals surface area (Å²) in [6, 6.07) is 3.76. The van der Waals surface area contributed by atoms with Gasteiger partial charge in [0, 0.05) is 36.4 Å². The van der Waals surface area contributed by atoms with Gasteiger partial charge in [0.15, 0.2) is 6.29 Å². The molecular formula is C14H17N3O2.